The number of non-ortho nitro benzene ring substituents is 1. The van der Waals surface area contributed by atoms with Gasteiger partial charge in [0.05, 0.1) is 29.4 Å². The summed E-state index contributed by atoms with van der Waals surface area (Å²) >= 11 is 3.26. The summed E-state index contributed by atoms with van der Waals surface area (Å²) in [5.41, 5.74) is 1.36. The number of nitrogens with zero attached hydrogens (tertiary/aromatic N) is 4. The lowest BCUT2D eigenvalue weighted by Crippen LogP contribution is -2.48. The van der Waals surface area contributed by atoms with Gasteiger partial charge in [-0.05, 0) is 28.9 Å². The molecule has 1 aliphatic rings. The number of piperazine rings is 1. The van der Waals surface area contributed by atoms with E-state index in [2.05, 4.69) is 36.2 Å². The molecule has 0 bridgehead atoms. The van der Waals surface area contributed by atoms with Crippen molar-refractivity contribution in [1.29, 1.82) is 0 Å². The fourth-order valence-corrected chi connectivity index (χ4v) is 3.39. The lowest BCUT2D eigenvalue weighted by Gasteiger charge is -2.33. The lowest BCUT2D eigenvalue weighted by atomic mass is 10.2. The first-order valence-corrected chi connectivity index (χ1v) is 9.31. The van der Waals surface area contributed by atoms with Crippen LogP contribution in [0.2, 0.25) is 0 Å². The molecule has 0 saturated carbocycles. The van der Waals surface area contributed by atoms with Gasteiger partial charge in [0, 0.05) is 48.9 Å². The molecule has 0 atom stereocenters. The van der Waals surface area contributed by atoms with Gasteiger partial charge < -0.3 is 9.84 Å². The molecule has 3 rings (SSSR count). The molecule has 1 amide bonds. The number of aromatic nitrogens is 1. The molecule has 1 aromatic heterocycles. The van der Waals surface area contributed by atoms with Crippen LogP contribution < -0.4 is 5.32 Å². The first kappa shape index (κ1) is 19.5. The molecule has 1 aliphatic heterocycles. The Hall–Kier alpha value is -2.30. The molecule has 1 N–H and O–H groups in total. The van der Waals surface area contributed by atoms with Gasteiger partial charge in [0.15, 0.2) is 5.76 Å². The smallest absolute Gasteiger partial charge is 0.270 e. The zero-order valence-corrected chi connectivity index (χ0v) is 16.4. The summed E-state index contributed by atoms with van der Waals surface area (Å²) in [4.78, 5) is 26.9. The van der Waals surface area contributed by atoms with Crippen molar-refractivity contribution >= 4 is 33.2 Å². The summed E-state index contributed by atoms with van der Waals surface area (Å²) in [5.74, 6) is 0.700. The number of nitro benzene ring substituents is 1. The Bertz CT molecular complexity index is 832. The first-order chi connectivity index (χ1) is 12.9. The summed E-state index contributed by atoms with van der Waals surface area (Å²) in [6, 6.07) is 6.20. The largest absolute Gasteiger partial charge is 0.360 e. The first-order valence-electron chi connectivity index (χ1n) is 8.51. The quantitative estimate of drug-likeness (QED) is 0.546. The molecule has 27 heavy (non-hydrogen) atoms. The van der Waals surface area contributed by atoms with Crippen molar-refractivity contribution < 1.29 is 14.2 Å². The van der Waals surface area contributed by atoms with Gasteiger partial charge in [-0.3, -0.25) is 24.7 Å². The van der Waals surface area contributed by atoms with Crippen molar-refractivity contribution in [2.45, 2.75) is 13.5 Å². The predicted octanol–water partition coefficient (Wildman–Crippen LogP) is 2.41. The van der Waals surface area contributed by atoms with E-state index in [-0.39, 0.29) is 18.1 Å². The Kier molecular flexibility index (Phi) is 6.19. The number of benzene rings is 1. The van der Waals surface area contributed by atoms with E-state index in [1.807, 2.05) is 13.0 Å². The van der Waals surface area contributed by atoms with Crippen LogP contribution in [0, 0.1) is 17.0 Å². The number of halogens is 1. The van der Waals surface area contributed by atoms with Crippen LogP contribution in [0.3, 0.4) is 0 Å². The minimum absolute atomic E-state index is 0.0297. The Morgan fingerprint density at radius 1 is 1.30 bits per heavy atom. The van der Waals surface area contributed by atoms with Gasteiger partial charge in [-0.25, -0.2) is 0 Å². The zero-order valence-electron chi connectivity index (χ0n) is 14.9. The van der Waals surface area contributed by atoms with Crippen molar-refractivity contribution in [2.24, 2.45) is 0 Å². The van der Waals surface area contributed by atoms with Crippen LogP contribution in [-0.4, -0.2) is 58.5 Å². The number of carbonyl (C=O) groups excluding carboxylic acids is 1. The number of anilines is 1. The molecule has 2 heterocycles. The zero-order chi connectivity index (χ0) is 19.4. The molecule has 0 aliphatic carbocycles. The predicted molar refractivity (Wildman–Crippen MR) is 102 cm³/mol. The van der Waals surface area contributed by atoms with Gasteiger partial charge in [0.1, 0.15) is 0 Å². The molecule has 9 nitrogen and oxygen atoms in total. The molecule has 1 saturated heterocycles. The molecule has 2 aromatic rings. The second-order valence-electron chi connectivity index (χ2n) is 6.46. The Balaban J connectivity index is 1.46. The van der Waals surface area contributed by atoms with Gasteiger partial charge in [-0.15, -0.1) is 0 Å². The SMILES string of the molecule is Cc1cc(CN2CCN(CC(=O)Nc3ccc([N+](=O)[O-])cc3Br)CC2)on1. The van der Waals surface area contributed by atoms with Crippen LogP contribution in [0.4, 0.5) is 11.4 Å². The molecule has 1 aromatic carbocycles. The van der Waals surface area contributed by atoms with Crippen molar-refractivity contribution in [3.63, 3.8) is 0 Å². The van der Waals surface area contributed by atoms with Crippen molar-refractivity contribution in [2.75, 3.05) is 38.0 Å². The van der Waals surface area contributed by atoms with E-state index in [0.29, 0.717) is 10.2 Å². The third-order valence-electron chi connectivity index (χ3n) is 4.33. The van der Waals surface area contributed by atoms with E-state index in [4.69, 9.17) is 4.52 Å². The standard InChI is InChI=1S/C17H20BrN5O4/c1-12-8-14(27-20-12)10-21-4-6-22(7-5-21)11-17(24)19-16-3-2-13(23(25)26)9-15(16)18/h2-3,8-9H,4-7,10-11H2,1H3,(H,19,24). The highest BCUT2D eigenvalue weighted by Crippen LogP contribution is 2.27. The van der Waals surface area contributed by atoms with Crippen LogP contribution in [0.25, 0.3) is 0 Å². The average Bonchev–Trinajstić information content (AvgIpc) is 3.03. The van der Waals surface area contributed by atoms with E-state index in [0.717, 1.165) is 44.2 Å². The lowest BCUT2D eigenvalue weighted by molar-refractivity contribution is -0.384. The Morgan fingerprint density at radius 3 is 2.59 bits per heavy atom. The van der Waals surface area contributed by atoms with E-state index < -0.39 is 4.92 Å². The monoisotopic (exact) mass is 437 g/mol. The number of carbonyl (C=O) groups is 1. The molecular formula is C17H20BrN5O4. The third kappa shape index (κ3) is 5.34. The highest BCUT2D eigenvalue weighted by molar-refractivity contribution is 9.10. The number of amides is 1. The molecule has 144 valence electrons. The minimum Gasteiger partial charge on any atom is -0.360 e. The number of rotatable bonds is 6. The van der Waals surface area contributed by atoms with Gasteiger partial charge in [0.25, 0.3) is 5.69 Å². The average molecular weight is 438 g/mol. The fourth-order valence-electron chi connectivity index (χ4n) is 2.93. The molecular weight excluding hydrogens is 418 g/mol. The van der Waals surface area contributed by atoms with Gasteiger partial charge in [0.2, 0.25) is 5.91 Å². The van der Waals surface area contributed by atoms with Crippen molar-refractivity contribution in [3.8, 4) is 0 Å². The second kappa shape index (κ2) is 8.59. The number of hydrogen-bond donors (Lipinski definition) is 1. The molecule has 10 heteroatoms. The maximum atomic E-state index is 12.3. The normalized spacial score (nSPS) is 15.6. The maximum Gasteiger partial charge on any atom is 0.270 e. The number of nitro groups is 1. The van der Waals surface area contributed by atoms with Crippen LogP contribution in [0.15, 0.2) is 33.3 Å². The number of aryl methyl sites for hydroxylation is 1. The summed E-state index contributed by atoms with van der Waals surface area (Å²) < 4.78 is 5.73. The molecule has 0 unspecified atom stereocenters. The van der Waals surface area contributed by atoms with Crippen LogP contribution in [0.5, 0.6) is 0 Å². The maximum absolute atomic E-state index is 12.3. The van der Waals surface area contributed by atoms with Gasteiger partial charge in [-0.2, -0.15) is 0 Å². The third-order valence-corrected chi connectivity index (χ3v) is 4.98. The summed E-state index contributed by atoms with van der Waals surface area (Å²) in [7, 11) is 0. The van der Waals surface area contributed by atoms with E-state index in [1.54, 1.807) is 0 Å². The topological polar surface area (TPSA) is 105 Å². The fraction of sp³-hybridized carbons (Fsp3) is 0.412. The second-order valence-corrected chi connectivity index (χ2v) is 7.31. The summed E-state index contributed by atoms with van der Waals surface area (Å²) in [6.45, 7) is 6.13. The molecule has 1 fully saturated rings. The van der Waals surface area contributed by atoms with Crippen LogP contribution in [-0.2, 0) is 11.3 Å². The highest BCUT2D eigenvalue weighted by atomic mass is 79.9. The van der Waals surface area contributed by atoms with Crippen molar-refractivity contribution in [1.82, 2.24) is 15.0 Å². The number of hydrogen-bond acceptors (Lipinski definition) is 7. The van der Waals surface area contributed by atoms with E-state index >= 15 is 0 Å². The van der Waals surface area contributed by atoms with Gasteiger partial charge in [-0.1, -0.05) is 5.16 Å². The molecule has 0 spiro atoms. The summed E-state index contributed by atoms with van der Waals surface area (Å²) in [5, 5.41) is 17.5. The minimum atomic E-state index is -0.476. The number of nitrogens with one attached hydrogen (secondary N) is 1. The van der Waals surface area contributed by atoms with E-state index in [9.17, 15) is 14.9 Å². The van der Waals surface area contributed by atoms with Crippen molar-refractivity contribution in [3.05, 3.63) is 50.3 Å². The van der Waals surface area contributed by atoms with Gasteiger partial charge >= 0.3 is 0 Å². The summed E-state index contributed by atoms with van der Waals surface area (Å²) in [6.07, 6.45) is 0. The Morgan fingerprint density at radius 2 is 2.00 bits per heavy atom. The highest BCUT2D eigenvalue weighted by Gasteiger charge is 2.20. The van der Waals surface area contributed by atoms with Crippen LogP contribution in [0.1, 0.15) is 11.5 Å². The molecule has 0 radical (unpaired) electrons. The Labute approximate surface area is 164 Å². The van der Waals surface area contributed by atoms with Crippen LogP contribution >= 0.6 is 15.9 Å². The van der Waals surface area contributed by atoms with E-state index in [1.165, 1.54) is 18.2 Å².